The summed E-state index contributed by atoms with van der Waals surface area (Å²) in [5.74, 6) is -0.281. The Bertz CT molecular complexity index is 1350. The molecule has 1 heterocycles. The third-order valence-electron chi connectivity index (χ3n) is 4.93. The summed E-state index contributed by atoms with van der Waals surface area (Å²) < 4.78 is 30.4. The van der Waals surface area contributed by atoms with Crippen LogP contribution in [0.15, 0.2) is 88.2 Å². The predicted octanol–water partition coefficient (Wildman–Crippen LogP) is 4.84. The van der Waals surface area contributed by atoms with Crippen molar-refractivity contribution in [1.82, 2.24) is 10.2 Å². The van der Waals surface area contributed by atoms with Crippen LogP contribution in [-0.2, 0) is 9.84 Å². The first-order chi connectivity index (χ1) is 15.3. The summed E-state index contributed by atoms with van der Waals surface area (Å²) in [5.41, 5.74) is 2.95. The number of rotatable bonds is 6. The van der Waals surface area contributed by atoms with E-state index in [0.717, 1.165) is 11.1 Å². The molecule has 0 atom stereocenters. The van der Waals surface area contributed by atoms with E-state index in [1.54, 1.807) is 38.1 Å². The van der Waals surface area contributed by atoms with Crippen molar-refractivity contribution in [3.05, 3.63) is 84.4 Å². The molecule has 8 heteroatoms. The van der Waals surface area contributed by atoms with Gasteiger partial charge in [-0.3, -0.25) is 10.1 Å². The van der Waals surface area contributed by atoms with E-state index in [2.05, 4.69) is 15.5 Å². The number of anilines is 1. The Morgan fingerprint density at radius 3 is 2.19 bits per heavy atom. The molecule has 0 saturated heterocycles. The number of hydrogen-bond donors (Lipinski definition) is 1. The molecule has 0 bridgehead atoms. The standard InChI is InChI=1S/C24H21N3O4S/c1-16(2)32(29,30)21-10-6-9-20(15-21)23-26-27-24(31-23)25-22(28)19-13-11-18(12-14-19)17-7-4-3-5-8-17/h3-16H,1-2H3,(H,25,27,28). The third-order valence-corrected chi connectivity index (χ3v) is 7.08. The van der Waals surface area contributed by atoms with Crippen LogP contribution in [0.4, 0.5) is 6.01 Å². The fourth-order valence-electron chi connectivity index (χ4n) is 3.08. The van der Waals surface area contributed by atoms with Crippen LogP contribution >= 0.6 is 0 Å². The van der Waals surface area contributed by atoms with Crippen molar-refractivity contribution >= 4 is 21.8 Å². The summed E-state index contributed by atoms with van der Waals surface area (Å²) in [6.45, 7) is 3.24. The van der Waals surface area contributed by atoms with Gasteiger partial charge in [0.1, 0.15) is 0 Å². The van der Waals surface area contributed by atoms with Crippen molar-refractivity contribution in [3.63, 3.8) is 0 Å². The molecule has 0 aliphatic rings. The van der Waals surface area contributed by atoms with E-state index < -0.39 is 21.0 Å². The van der Waals surface area contributed by atoms with E-state index in [1.165, 1.54) is 12.1 Å². The van der Waals surface area contributed by atoms with Crippen LogP contribution in [0, 0.1) is 0 Å². The maximum Gasteiger partial charge on any atom is 0.322 e. The van der Waals surface area contributed by atoms with Gasteiger partial charge in [-0.05, 0) is 55.3 Å². The topological polar surface area (TPSA) is 102 Å². The van der Waals surface area contributed by atoms with Crippen LogP contribution in [-0.4, -0.2) is 29.8 Å². The zero-order valence-corrected chi connectivity index (χ0v) is 18.3. The number of nitrogens with zero attached hydrogens (tertiary/aromatic N) is 2. The molecule has 1 N–H and O–H groups in total. The second kappa shape index (κ2) is 8.76. The minimum atomic E-state index is -3.44. The molecule has 162 valence electrons. The van der Waals surface area contributed by atoms with E-state index in [1.807, 2.05) is 42.5 Å². The van der Waals surface area contributed by atoms with Gasteiger partial charge >= 0.3 is 6.01 Å². The maximum atomic E-state index is 12.5. The molecule has 0 spiro atoms. The van der Waals surface area contributed by atoms with Gasteiger partial charge in [-0.1, -0.05) is 53.6 Å². The van der Waals surface area contributed by atoms with E-state index in [-0.39, 0.29) is 16.8 Å². The monoisotopic (exact) mass is 447 g/mol. The summed E-state index contributed by atoms with van der Waals surface area (Å²) in [4.78, 5) is 12.7. The fourth-order valence-corrected chi connectivity index (χ4v) is 4.19. The number of hydrogen-bond acceptors (Lipinski definition) is 6. The highest BCUT2D eigenvalue weighted by atomic mass is 32.2. The number of nitrogens with one attached hydrogen (secondary N) is 1. The normalized spacial score (nSPS) is 11.5. The summed E-state index contributed by atoms with van der Waals surface area (Å²) >= 11 is 0. The number of carbonyl (C=O) groups excluding carboxylic acids is 1. The first-order valence-electron chi connectivity index (χ1n) is 9.99. The highest BCUT2D eigenvalue weighted by Gasteiger charge is 2.21. The van der Waals surface area contributed by atoms with Crippen LogP contribution in [0.1, 0.15) is 24.2 Å². The van der Waals surface area contributed by atoms with Gasteiger partial charge < -0.3 is 4.42 Å². The summed E-state index contributed by atoms with van der Waals surface area (Å²) in [6.07, 6.45) is 0. The van der Waals surface area contributed by atoms with E-state index >= 15 is 0 Å². The third kappa shape index (κ3) is 4.45. The molecule has 0 unspecified atom stereocenters. The van der Waals surface area contributed by atoms with Crippen molar-refractivity contribution in [3.8, 4) is 22.6 Å². The molecule has 3 aromatic carbocycles. The van der Waals surface area contributed by atoms with Crippen LogP contribution in [0.2, 0.25) is 0 Å². The molecule has 0 aliphatic heterocycles. The number of carbonyl (C=O) groups is 1. The Kier molecular flexibility index (Phi) is 5.87. The first-order valence-corrected chi connectivity index (χ1v) is 11.5. The number of amides is 1. The number of aromatic nitrogens is 2. The second-order valence-electron chi connectivity index (χ2n) is 7.43. The van der Waals surface area contributed by atoms with Crippen molar-refractivity contribution in [2.75, 3.05) is 5.32 Å². The van der Waals surface area contributed by atoms with Gasteiger partial charge in [0.2, 0.25) is 5.89 Å². The summed E-state index contributed by atoms with van der Waals surface area (Å²) in [5, 5.41) is 9.80. The molecular weight excluding hydrogens is 426 g/mol. The molecule has 0 aliphatic carbocycles. The minimum absolute atomic E-state index is 0.0748. The Hall–Kier alpha value is -3.78. The van der Waals surface area contributed by atoms with Crippen molar-refractivity contribution in [2.24, 2.45) is 0 Å². The van der Waals surface area contributed by atoms with Crippen molar-refractivity contribution in [2.45, 2.75) is 24.0 Å². The molecule has 0 radical (unpaired) electrons. The van der Waals surface area contributed by atoms with Crippen molar-refractivity contribution in [1.29, 1.82) is 0 Å². The lowest BCUT2D eigenvalue weighted by Crippen LogP contribution is -2.13. The molecular formula is C24H21N3O4S. The predicted molar refractivity (Wildman–Crippen MR) is 122 cm³/mol. The van der Waals surface area contributed by atoms with E-state index in [4.69, 9.17) is 4.42 Å². The lowest BCUT2D eigenvalue weighted by atomic mass is 10.0. The Morgan fingerprint density at radius 1 is 0.844 bits per heavy atom. The molecule has 4 aromatic rings. The molecule has 0 fully saturated rings. The average Bonchev–Trinajstić information content (AvgIpc) is 3.28. The average molecular weight is 448 g/mol. The highest BCUT2D eigenvalue weighted by molar-refractivity contribution is 7.92. The lowest BCUT2D eigenvalue weighted by molar-refractivity contribution is 0.102. The fraction of sp³-hybridized carbons (Fsp3) is 0.125. The second-order valence-corrected chi connectivity index (χ2v) is 9.94. The van der Waals surface area contributed by atoms with Crippen LogP contribution in [0.25, 0.3) is 22.6 Å². The lowest BCUT2D eigenvalue weighted by Gasteiger charge is -2.08. The molecule has 1 amide bonds. The minimum Gasteiger partial charge on any atom is -0.403 e. The SMILES string of the molecule is CC(C)S(=O)(=O)c1cccc(-c2nnc(NC(=O)c3ccc(-c4ccccc4)cc3)o2)c1. The Balaban J connectivity index is 1.50. The smallest absolute Gasteiger partial charge is 0.322 e. The quantitative estimate of drug-likeness (QED) is 0.454. The van der Waals surface area contributed by atoms with Crippen molar-refractivity contribution < 1.29 is 17.6 Å². The Labute approximate surface area is 186 Å². The molecule has 4 rings (SSSR count). The highest BCUT2D eigenvalue weighted by Crippen LogP contribution is 2.25. The summed E-state index contributed by atoms with van der Waals surface area (Å²) in [6, 6.07) is 23.2. The van der Waals surface area contributed by atoms with Crippen LogP contribution < -0.4 is 5.32 Å². The zero-order valence-electron chi connectivity index (χ0n) is 17.5. The largest absolute Gasteiger partial charge is 0.403 e. The Morgan fingerprint density at radius 2 is 1.50 bits per heavy atom. The molecule has 0 saturated carbocycles. The molecule has 1 aromatic heterocycles. The van der Waals surface area contributed by atoms with E-state index in [9.17, 15) is 13.2 Å². The van der Waals surface area contributed by atoms with Gasteiger partial charge in [-0.15, -0.1) is 5.10 Å². The van der Waals surface area contributed by atoms with Gasteiger partial charge in [-0.2, -0.15) is 0 Å². The first kappa shape index (κ1) is 21.5. The van der Waals surface area contributed by atoms with Gasteiger partial charge in [0, 0.05) is 11.1 Å². The molecule has 7 nitrogen and oxygen atoms in total. The van der Waals surface area contributed by atoms with Gasteiger partial charge in [0.15, 0.2) is 9.84 Å². The van der Waals surface area contributed by atoms with Crippen LogP contribution in [0.3, 0.4) is 0 Å². The maximum absolute atomic E-state index is 12.5. The van der Waals surface area contributed by atoms with Gasteiger partial charge in [-0.25, -0.2) is 8.42 Å². The molecule has 32 heavy (non-hydrogen) atoms. The van der Waals surface area contributed by atoms with Gasteiger partial charge in [0.05, 0.1) is 10.1 Å². The van der Waals surface area contributed by atoms with Crippen LogP contribution in [0.5, 0.6) is 0 Å². The number of benzene rings is 3. The van der Waals surface area contributed by atoms with Gasteiger partial charge in [0.25, 0.3) is 5.91 Å². The van der Waals surface area contributed by atoms with E-state index in [0.29, 0.717) is 11.1 Å². The summed E-state index contributed by atoms with van der Waals surface area (Å²) in [7, 11) is -3.44. The zero-order chi connectivity index (χ0) is 22.7. The number of sulfone groups is 1.